The zero-order valence-corrected chi connectivity index (χ0v) is 14.5. The predicted octanol–water partition coefficient (Wildman–Crippen LogP) is -0.541. The molecule has 0 spiro atoms. The van der Waals surface area contributed by atoms with E-state index in [4.69, 9.17) is 23.1 Å². The van der Waals surface area contributed by atoms with Crippen LogP contribution in [0.25, 0.3) is 11.8 Å². The Kier molecular flexibility index (Phi) is 6.58. The molecular formula is C15H12ClN2O7S+. The van der Waals surface area contributed by atoms with Crippen molar-refractivity contribution in [3.05, 3.63) is 81.0 Å². The van der Waals surface area contributed by atoms with Crippen molar-refractivity contribution in [2.75, 3.05) is 0 Å². The number of pyridine rings is 1. The number of furan rings is 1. The van der Waals surface area contributed by atoms with E-state index < -0.39 is 15.2 Å². The fraction of sp³-hybridized carbons (Fsp3) is 0. The van der Waals surface area contributed by atoms with Gasteiger partial charge in [-0.1, -0.05) is 12.1 Å². The molecule has 0 bridgehead atoms. The lowest BCUT2D eigenvalue weighted by Gasteiger charge is -2.03. The first-order chi connectivity index (χ1) is 12.2. The lowest BCUT2D eigenvalue weighted by atomic mass is 10.2. The molecule has 3 heterocycles. The van der Waals surface area contributed by atoms with Crippen LogP contribution in [-0.4, -0.2) is 9.58 Å². The molecule has 0 aliphatic rings. The molecule has 1 N–H and O–H groups in total. The Labute approximate surface area is 153 Å². The molecule has 0 saturated heterocycles. The molecule has 136 valence electrons. The van der Waals surface area contributed by atoms with Crippen LogP contribution in [0.2, 0.25) is 0 Å². The van der Waals surface area contributed by atoms with Crippen LogP contribution in [0.15, 0.2) is 64.7 Å². The topological polar surface area (TPSA) is 150 Å². The summed E-state index contributed by atoms with van der Waals surface area (Å²) >= 11 is 1.59. The summed E-state index contributed by atoms with van der Waals surface area (Å²) < 4.78 is 39.9. The van der Waals surface area contributed by atoms with Gasteiger partial charge >= 0.3 is 5.88 Å². The molecule has 11 heteroatoms. The van der Waals surface area contributed by atoms with E-state index in [1.165, 1.54) is 6.07 Å². The van der Waals surface area contributed by atoms with Crippen molar-refractivity contribution in [2.24, 2.45) is 0 Å². The largest absolute Gasteiger partial charge is 0.433 e. The van der Waals surface area contributed by atoms with Crippen molar-refractivity contribution in [2.45, 2.75) is 0 Å². The number of nitrogens with zero attached hydrogens (tertiary/aromatic N) is 2. The highest BCUT2D eigenvalue weighted by Gasteiger charge is 2.21. The van der Waals surface area contributed by atoms with Crippen molar-refractivity contribution < 1.29 is 42.8 Å². The van der Waals surface area contributed by atoms with Crippen LogP contribution in [0, 0.1) is 20.4 Å². The molecule has 0 atom stereocenters. The molecule has 0 radical (unpaired) electrons. The Balaban J connectivity index is 0.000000431. The molecule has 0 saturated carbocycles. The second-order valence-electron chi connectivity index (χ2n) is 4.62. The van der Waals surface area contributed by atoms with E-state index in [2.05, 4.69) is 0 Å². The fourth-order valence-electron chi connectivity index (χ4n) is 1.90. The Morgan fingerprint density at radius 3 is 2.31 bits per heavy atom. The summed E-state index contributed by atoms with van der Waals surface area (Å²) in [4.78, 5) is 11.3. The first-order valence-electron chi connectivity index (χ1n) is 6.84. The average molecular weight is 400 g/mol. The van der Waals surface area contributed by atoms with Gasteiger partial charge in [-0.3, -0.25) is 10.1 Å². The Hall–Kier alpha value is -2.60. The summed E-state index contributed by atoms with van der Waals surface area (Å²) in [6.45, 7) is 0. The smallest absolute Gasteiger partial charge is 0.394 e. The minimum absolute atomic E-state index is 0.265. The zero-order chi connectivity index (χ0) is 19.2. The van der Waals surface area contributed by atoms with Gasteiger partial charge in [-0.15, -0.1) is 11.3 Å². The molecule has 0 aromatic carbocycles. The molecule has 9 nitrogen and oxygen atoms in total. The molecule has 0 fully saturated rings. The van der Waals surface area contributed by atoms with Crippen molar-refractivity contribution in [3.63, 3.8) is 0 Å². The lowest BCUT2D eigenvalue weighted by molar-refractivity contribution is -1.92. The molecule has 0 amide bonds. The van der Waals surface area contributed by atoms with Gasteiger partial charge in [0.05, 0.1) is 21.0 Å². The lowest BCUT2D eigenvalue weighted by Crippen LogP contribution is -2.58. The summed E-state index contributed by atoms with van der Waals surface area (Å²) in [6, 6.07) is 12.6. The summed E-state index contributed by atoms with van der Waals surface area (Å²) in [5, 5.41) is 12.8. The highest BCUT2D eigenvalue weighted by atomic mass is 35.7. The summed E-state index contributed by atoms with van der Waals surface area (Å²) in [5.41, 5.74) is 0.742. The second-order valence-corrected chi connectivity index (χ2v) is 6.39. The SMILES string of the molecule is O=[N+]([O-])c1ccc(/C(=C/c2cccs2)[n+]2ccccc2)o1.[O-][Cl+3]([O-])([O-])O. The maximum Gasteiger partial charge on any atom is 0.433 e. The molecule has 3 aromatic heterocycles. The van der Waals surface area contributed by atoms with Crippen molar-refractivity contribution >= 4 is 29.0 Å². The normalized spacial score (nSPS) is 11.6. The van der Waals surface area contributed by atoms with E-state index in [1.54, 1.807) is 17.4 Å². The molecular weight excluding hydrogens is 388 g/mol. The molecule has 3 rings (SSSR count). The Morgan fingerprint density at radius 2 is 1.81 bits per heavy atom. The van der Waals surface area contributed by atoms with E-state index in [1.807, 2.05) is 58.7 Å². The second kappa shape index (κ2) is 8.67. The maximum atomic E-state index is 10.8. The van der Waals surface area contributed by atoms with Gasteiger partial charge in [-0.2, -0.15) is 18.5 Å². The summed E-state index contributed by atoms with van der Waals surface area (Å²) in [7, 11) is -4.69. The standard InChI is InChI=1S/C15H11N2O3S.ClHO4/c18-17(19)15-7-6-14(20-15)13(11-12-5-4-10-21-12)16-8-2-1-3-9-16;2-1(3,4)5/h1-11H;(H,2,3,4,5)/q+1;/b13-11-;. The van der Waals surface area contributed by atoms with E-state index in [0.29, 0.717) is 5.76 Å². The van der Waals surface area contributed by atoms with E-state index in [0.717, 1.165) is 10.6 Å². The van der Waals surface area contributed by atoms with Gasteiger partial charge in [0, 0.05) is 23.1 Å². The minimum Gasteiger partial charge on any atom is -0.394 e. The van der Waals surface area contributed by atoms with Crippen LogP contribution < -0.4 is 18.5 Å². The number of nitro groups is 1. The third-order valence-corrected chi connectivity index (χ3v) is 3.66. The number of hydrogen-bond acceptors (Lipinski definition) is 8. The maximum absolute atomic E-state index is 10.8. The number of thiophene rings is 1. The third-order valence-electron chi connectivity index (χ3n) is 2.84. The zero-order valence-electron chi connectivity index (χ0n) is 12.9. The number of hydrogen-bond donors (Lipinski definition) is 1. The van der Waals surface area contributed by atoms with E-state index in [9.17, 15) is 10.1 Å². The first kappa shape index (κ1) is 19.7. The molecule has 0 unspecified atom stereocenters. The van der Waals surface area contributed by atoms with Crippen molar-refractivity contribution in [3.8, 4) is 0 Å². The van der Waals surface area contributed by atoms with Gasteiger partial charge in [0.15, 0.2) is 12.4 Å². The Morgan fingerprint density at radius 1 is 1.15 bits per heavy atom. The fourth-order valence-corrected chi connectivity index (χ4v) is 2.55. The monoisotopic (exact) mass is 399 g/mol. The van der Waals surface area contributed by atoms with Crippen molar-refractivity contribution in [1.82, 2.24) is 0 Å². The molecule has 26 heavy (non-hydrogen) atoms. The van der Waals surface area contributed by atoms with Crippen LogP contribution in [0.5, 0.6) is 0 Å². The van der Waals surface area contributed by atoms with E-state index in [-0.39, 0.29) is 5.88 Å². The van der Waals surface area contributed by atoms with Crippen LogP contribution in [-0.2, 0) is 0 Å². The highest BCUT2D eigenvalue weighted by Crippen LogP contribution is 2.23. The van der Waals surface area contributed by atoms with Gasteiger partial charge in [0.1, 0.15) is 4.92 Å². The number of aromatic nitrogens is 1. The molecule has 3 aromatic rings. The van der Waals surface area contributed by atoms with Gasteiger partial charge in [0.2, 0.25) is 5.76 Å². The summed E-state index contributed by atoms with van der Waals surface area (Å²) in [6.07, 6.45) is 5.68. The summed E-state index contributed by atoms with van der Waals surface area (Å²) in [5.74, 6) is 0.185. The minimum atomic E-state index is -4.69. The molecule has 0 aliphatic carbocycles. The van der Waals surface area contributed by atoms with Crippen LogP contribution >= 0.6 is 11.3 Å². The molecule has 0 aliphatic heterocycles. The Bertz CT molecular complexity index is 867. The van der Waals surface area contributed by atoms with Crippen LogP contribution in [0.4, 0.5) is 5.88 Å². The van der Waals surface area contributed by atoms with E-state index >= 15 is 0 Å². The van der Waals surface area contributed by atoms with Crippen LogP contribution in [0.1, 0.15) is 10.6 Å². The van der Waals surface area contributed by atoms with Crippen molar-refractivity contribution in [1.29, 1.82) is 0 Å². The van der Waals surface area contributed by atoms with Crippen LogP contribution in [0.3, 0.4) is 0 Å². The van der Waals surface area contributed by atoms with Gasteiger partial charge < -0.3 is 4.42 Å². The highest BCUT2D eigenvalue weighted by molar-refractivity contribution is 7.10. The quantitative estimate of drug-likeness (QED) is 0.351. The van der Waals surface area contributed by atoms with Gasteiger partial charge in [0.25, 0.3) is 5.70 Å². The average Bonchev–Trinajstić information content (AvgIpc) is 3.23. The number of halogens is 1. The number of rotatable bonds is 4. The first-order valence-corrected chi connectivity index (χ1v) is 8.98. The third kappa shape index (κ3) is 6.37. The van der Waals surface area contributed by atoms with Gasteiger partial charge in [-0.05, 0) is 17.5 Å². The predicted molar refractivity (Wildman–Crippen MR) is 81.8 cm³/mol. The van der Waals surface area contributed by atoms with Gasteiger partial charge in [-0.25, -0.2) is 0 Å².